The van der Waals surface area contributed by atoms with Gasteiger partial charge in [-0.3, -0.25) is 14.6 Å². The average molecular weight is 323 g/mol. The maximum atomic E-state index is 11.6. The highest BCUT2D eigenvalue weighted by atomic mass is 16.4. The molecular weight excluding hydrogens is 290 g/mol. The molecule has 4 rings (SSSR count). The molecule has 4 aliphatic heterocycles. The molecule has 2 bridgehead atoms. The topological polar surface area (TPSA) is 55.8 Å². The van der Waals surface area contributed by atoms with E-state index >= 15 is 0 Å². The summed E-state index contributed by atoms with van der Waals surface area (Å²) < 4.78 is 0. The number of hydrogen-bond acceptors (Lipinski definition) is 4. The van der Waals surface area contributed by atoms with Gasteiger partial charge in [-0.1, -0.05) is 20.8 Å². The number of fused-ring (bicyclic) bond motifs is 2. The van der Waals surface area contributed by atoms with Crippen molar-refractivity contribution < 1.29 is 9.90 Å². The van der Waals surface area contributed by atoms with E-state index in [-0.39, 0.29) is 0 Å². The fraction of sp³-hybridized carbons (Fsp3) is 0.944. The van der Waals surface area contributed by atoms with Crippen LogP contribution < -0.4 is 5.32 Å². The minimum absolute atomic E-state index is 0.394. The third-order valence-corrected chi connectivity index (χ3v) is 6.17. The molecule has 4 saturated heterocycles. The quantitative estimate of drug-likeness (QED) is 0.743. The predicted molar refractivity (Wildman–Crippen MR) is 91.5 cm³/mol. The Balaban J connectivity index is 1.79. The Labute approximate surface area is 140 Å². The molecule has 0 amide bonds. The molecule has 0 aromatic rings. The van der Waals surface area contributed by atoms with Crippen LogP contribution >= 0.6 is 0 Å². The Morgan fingerprint density at radius 3 is 2.57 bits per heavy atom. The standard InChI is InChI=1S/C18H33N3O2/c1-4-19-15(18(22)23)9-16-17-14(11-21(16)10-12(2)3)13-5-7-20(17)8-6-13/h12-17,19H,4-11H2,1-3H3,(H,22,23). The lowest BCUT2D eigenvalue weighted by atomic mass is 9.73. The Hall–Kier alpha value is -0.650. The summed E-state index contributed by atoms with van der Waals surface area (Å²) >= 11 is 0. The van der Waals surface area contributed by atoms with Crippen LogP contribution in [0.1, 0.15) is 40.0 Å². The number of nitrogens with one attached hydrogen (secondary N) is 1. The van der Waals surface area contributed by atoms with Gasteiger partial charge in [0.2, 0.25) is 0 Å². The summed E-state index contributed by atoms with van der Waals surface area (Å²) in [7, 11) is 0. The van der Waals surface area contributed by atoms with Gasteiger partial charge in [-0.2, -0.15) is 0 Å². The molecule has 0 spiro atoms. The largest absolute Gasteiger partial charge is 0.480 e. The molecule has 0 radical (unpaired) electrons. The van der Waals surface area contributed by atoms with E-state index in [1.54, 1.807) is 0 Å². The minimum atomic E-state index is -0.698. The van der Waals surface area contributed by atoms with Crippen molar-refractivity contribution in [2.24, 2.45) is 17.8 Å². The summed E-state index contributed by atoms with van der Waals surface area (Å²) in [4.78, 5) is 16.9. The lowest BCUT2D eigenvalue weighted by Gasteiger charge is -2.50. The Morgan fingerprint density at radius 1 is 1.30 bits per heavy atom. The number of likely N-dealkylation sites (N-methyl/N-ethyl adjacent to an activating group) is 1. The normalized spacial score (nSPS) is 38.0. The molecule has 4 atom stereocenters. The number of nitrogens with zero attached hydrogens (tertiary/aromatic N) is 2. The monoisotopic (exact) mass is 323 g/mol. The number of aliphatic carboxylic acids is 1. The van der Waals surface area contributed by atoms with Gasteiger partial charge in [0.1, 0.15) is 6.04 Å². The summed E-state index contributed by atoms with van der Waals surface area (Å²) in [5.74, 6) is 1.56. The van der Waals surface area contributed by atoms with E-state index in [4.69, 9.17) is 0 Å². The Bertz CT molecular complexity index is 420. The van der Waals surface area contributed by atoms with E-state index < -0.39 is 12.0 Å². The predicted octanol–water partition coefficient (Wildman–Crippen LogP) is 1.49. The number of piperidine rings is 3. The lowest BCUT2D eigenvalue weighted by molar-refractivity contribution is -0.140. The molecule has 4 fully saturated rings. The molecule has 0 aromatic carbocycles. The molecule has 23 heavy (non-hydrogen) atoms. The third kappa shape index (κ3) is 3.42. The summed E-state index contributed by atoms with van der Waals surface area (Å²) in [6.45, 7) is 12.0. The van der Waals surface area contributed by atoms with Crippen LogP contribution in [0.4, 0.5) is 0 Å². The van der Waals surface area contributed by atoms with Gasteiger partial charge in [-0.25, -0.2) is 0 Å². The van der Waals surface area contributed by atoms with Gasteiger partial charge >= 0.3 is 5.97 Å². The van der Waals surface area contributed by atoms with Crippen LogP contribution in [0, 0.1) is 17.8 Å². The van der Waals surface area contributed by atoms with Crippen LogP contribution in [-0.4, -0.2) is 71.7 Å². The van der Waals surface area contributed by atoms with Crippen LogP contribution in [0.5, 0.6) is 0 Å². The Morgan fingerprint density at radius 2 is 2.00 bits per heavy atom. The first-order valence-electron chi connectivity index (χ1n) is 9.45. The van der Waals surface area contributed by atoms with Crippen molar-refractivity contribution in [1.82, 2.24) is 15.1 Å². The molecule has 4 heterocycles. The highest BCUT2D eigenvalue weighted by Crippen LogP contribution is 2.45. The van der Waals surface area contributed by atoms with Crippen molar-refractivity contribution in [3.05, 3.63) is 0 Å². The van der Waals surface area contributed by atoms with Gasteiger partial charge in [0.15, 0.2) is 0 Å². The zero-order chi connectivity index (χ0) is 16.6. The van der Waals surface area contributed by atoms with Crippen LogP contribution in [0.2, 0.25) is 0 Å². The van der Waals surface area contributed by atoms with E-state index in [0.717, 1.165) is 24.8 Å². The van der Waals surface area contributed by atoms with Gasteiger partial charge in [-0.15, -0.1) is 0 Å². The summed E-state index contributed by atoms with van der Waals surface area (Å²) in [5.41, 5.74) is 0. The molecular formula is C18H33N3O2. The van der Waals surface area contributed by atoms with E-state index in [1.807, 2.05) is 6.92 Å². The zero-order valence-electron chi connectivity index (χ0n) is 14.9. The van der Waals surface area contributed by atoms with Gasteiger partial charge < -0.3 is 10.4 Å². The highest BCUT2D eigenvalue weighted by Gasteiger charge is 2.52. The first-order valence-corrected chi connectivity index (χ1v) is 9.45. The highest BCUT2D eigenvalue weighted by molar-refractivity contribution is 5.73. The molecule has 0 aromatic heterocycles. The second kappa shape index (κ2) is 7.08. The zero-order valence-corrected chi connectivity index (χ0v) is 14.9. The van der Waals surface area contributed by atoms with Crippen molar-refractivity contribution >= 4 is 5.97 Å². The van der Waals surface area contributed by atoms with Crippen molar-refractivity contribution in [2.45, 2.75) is 58.2 Å². The second-order valence-corrected chi connectivity index (χ2v) is 8.13. The molecule has 4 aliphatic rings. The molecule has 2 N–H and O–H groups in total. The van der Waals surface area contributed by atoms with Gasteiger partial charge in [0.05, 0.1) is 0 Å². The molecule has 4 unspecified atom stereocenters. The molecule has 0 aliphatic carbocycles. The smallest absolute Gasteiger partial charge is 0.320 e. The Kier molecular flexibility index (Phi) is 5.29. The third-order valence-electron chi connectivity index (χ3n) is 6.17. The summed E-state index contributed by atoms with van der Waals surface area (Å²) in [6.07, 6.45) is 3.43. The van der Waals surface area contributed by atoms with Crippen LogP contribution in [0.3, 0.4) is 0 Å². The number of hydrogen-bond donors (Lipinski definition) is 2. The second-order valence-electron chi connectivity index (χ2n) is 8.13. The van der Waals surface area contributed by atoms with Crippen molar-refractivity contribution in [3.8, 4) is 0 Å². The van der Waals surface area contributed by atoms with E-state index in [9.17, 15) is 9.90 Å². The summed E-state index contributed by atoms with van der Waals surface area (Å²) in [6, 6.07) is 0.562. The van der Waals surface area contributed by atoms with Crippen molar-refractivity contribution in [1.29, 1.82) is 0 Å². The number of carboxylic acid groups (broad SMARTS) is 1. The van der Waals surface area contributed by atoms with Crippen molar-refractivity contribution in [3.63, 3.8) is 0 Å². The van der Waals surface area contributed by atoms with Crippen LogP contribution in [-0.2, 0) is 4.79 Å². The SMILES string of the molecule is CCNC(CC1C2C(CN1CC(C)C)C1CCN2CC1)C(=O)O. The fourth-order valence-corrected chi connectivity index (χ4v) is 5.33. The van der Waals surface area contributed by atoms with E-state index in [0.29, 0.717) is 24.5 Å². The number of rotatable bonds is 7. The van der Waals surface area contributed by atoms with Crippen LogP contribution in [0.25, 0.3) is 0 Å². The lowest BCUT2D eigenvalue weighted by Crippen LogP contribution is -2.58. The van der Waals surface area contributed by atoms with Crippen LogP contribution in [0.15, 0.2) is 0 Å². The molecule has 5 heteroatoms. The molecule has 132 valence electrons. The number of carbonyl (C=O) groups is 1. The molecule has 5 nitrogen and oxygen atoms in total. The fourth-order valence-electron chi connectivity index (χ4n) is 5.33. The number of likely N-dealkylation sites (tertiary alicyclic amines) is 1. The van der Waals surface area contributed by atoms with Crippen molar-refractivity contribution in [2.75, 3.05) is 32.7 Å². The first kappa shape index (κ1) is 17.2. The van der Waals surface area contributed by atoms with Gasteiger partial charge in [-0.05, 0) is 56.7 Å². The first-order chi connectivity index (χ1) is 11.0. The summed E-state index contributed by atoms with van der Waals surface area (Å²) in [5, 5.41) is 12.7. The van der Waals surface area contributed by atoms with E-state index in [1.165, 1.54) is 32.5 Å². The van der Waals surface area contributed by atoms with Gasteiger partial charge in [0, 0.05) is 25.2 Å². The number of carboxylic acids is 1. The average Bonchev–Trinajstić information content (AvgIpc) is 2.87. The van der Waals surface area contributed by atoms with Gasteiger partial charge in [0.25, 0.3) is 0 Å². The maximum Gasteiger partial charge on any atom is 0.320 e. The van der Waals surface area contributed by atoms with E-state index in [2.05, 4.69) is 29.0 Å². The minimum Gasteiger partial charge on any atom is -0.480 e. The molecule has 0 saturated carbocycles. The maximum absolute atomic E-state index is 11.6.